The molecule has 0 fully saturated rings. The molecule has 0 saturated heterocycles. The van der Waals surface area contributed by atoms with E-state index in [9.17, 15) is 31.1 Å². The largest absolute Gasteiger partial charge is 0.481 e. The fourth-order valence-electron chi connectivity index (χ4n) is 0.592. The molecule has 8 heteroatoms. The van der Waals surface area contributed by atoms with Crippen molar-refractivity contribution in [1.29, 1.82) is 0 Å². The van der Waals surface area contributed by atoms with Crippen LogP contribution in [0.2, 0.25) is 0 Å². The molecule has 0 atom stereocenters. The van der Waals surface area contributed by atoms with E-state index in [1.54, 1.807) is 0 Å². The summed E-state index contributed by atoms with van der Waals surface area (Å²) in [7, 11) is 0. The summed E-state index contributed by atoms with van der Waals surface area (Å²) in [6, 6.07) is 0. The van der Waals surface area contributed by atoms with Crippen LogP contribution in [0.4, 0.5) is 26.3 Å². The van der Waals surface area contributed by atoms with Gasteiger partial charge in [0.25, 0.3) is 0 Å². The van der Waals surface area contributed by atoms with Crippen LogP contribution in [0.5, 0.6) is 0 Å². The van der Waals surface area contributed by atoms with Crippen LogP contribution in [-0.4, -0.2) is 23.4 Å². The van der Waals surface area contributed by atoms with Crippen molar-refractivity contribution in [3.8, 4) is 0 Å². The van der Waals surface area contributed by atoms with Crippen molar-refractivity contribution in [3.05, 3.63) is 0 Å². The number of hydrogen-bond acceptors (Lipinski definition) is 1. The molecule has 0 heterocycles. The monoisotopic (exact) mass is 210 g/mol. The number of hydrogen-bond donors (Lipinski definition) is 1. The first-order chi connectivity index (χ1) is 5.55. The second-order valence-corrected chi connectivity index (χ2v) is 2.23. The molecule has 13 heavy (non-hydrogen) atoms. The molecule has 0 aromatic rings. The summed E-state index contributed by atoms with van der Waals surface area (Å²) >= 11 is 0. The summed E-state index contributed by atoms with van der Waals surface area (Å²) in [5, 5.41) is 7.81. The van der Waals surface area contributed by atoms with E-state index < -0.39 is 30.7 Å². The van der Waals surface area contributed by atoms with E-state index in [1.165, 1.54) is 0 Å². The van der Waals surface area contributed by atoms with Crippen LogP contribution in [0.1, 0.15) is 6.42 Å². The Hall–Kier alpha value is -0.950. The molecule has 1 N–H and O–H groups in total. The van der Waals surface area contributed by atoms with Crippen LogP contribution in [-0.2, 0) is 4.79 Å². The molecule has 0 spiro atoms. The highest BCUT2D eigenvalue weighted by atomic mass is 19.4. The molecule has 0 radical (unpaired) electrons. The van der Waals surface area contributed by atoms with E-state index in [1.807, 2.05) is 0 Å². The van der Waals surface area contributed by atoms with Gasteiger partial charge < -0.3 is 5.11 Å². The lowest BCUT2D eigenvalue weighted by atomic mass is 10.1. The van der Waals surface area contributed by atoms with Crippen molar-refractivity contribution in [3.63, 3.8) is 0 Å². The molecule has 0 aliphatic heterocycles. The van der Waals surface area contributed by atoms with Crippen molar-refractivity contribution in [2.45, 2.75) is 18.8 Å². The lowest BCUT2D eigenvalue weighted by molar-refractivity contribution is -0.285. The van der Waals surface area contributed by atoms with Gasteiger partial charge in [-0.1, -0.05) is 0 Å². The van der Waals surface area contributed by atoms with Gasteiger partial charge in [-0.25, -0.2) is 0 Å². The predicted octanol–water partition coefficient (Wildman–Crippen LogP) is 2.20. The van der Waals surface area contributed by atoms with Crippen LogP contribution in [0.15, 0.2) is 0 Å². The second kappa shape index (κ2) is 3.43. The smallest absolute Gasteiger partial charge is 0.401 e. The summed E-state index contributed by atoms with van der Waals surface area (Å²) < 4.78 is 69.6. The molecule has 0 aromatic heterocycles. The molecule has 0 amide bonds. The van der Waals surface area contributed by atoms with Gasteiger partial charge in [0, 0.05) is 0 Å². The highest BCUT2D eigenvalue weighted by molar-refractivity contribution is 5.67. The maximum atomic E-state index is 11.6. The third kappa shape index (κ3) is 4.00. The van der Waals surface area contributed by atoms with Gasteiger partial charge in [0.05, 0.1) is 6.42 Å². The fraction of sp³-hybridized carbons (Fsp3) is 0.800. The van der Waals surface area contributed by atoms with Crippen molar-refractivity contribution >= 4 is 5.97 Å². The Morgan fingerprint density at radius 2 is 1.38 bits per heavy atom. The number of rotatable bonds is 2. The Morgan fingerprint density at radius 3 is 1.46 bits per heavy atom. The Balaban J connectivity index is 4.68. The van der Waals surface area contributed by atoms with Crippen LogP contribution in [0.25, 0.3) is 0 Å². The Bertz CT molecular complexity index is 178. The van der Waals surface area contributed by atoms with Gasteiger partial charge in [-0.15, -0.1) is 0 Å². The number of carbonyl (C=O) groups is 1. The third-order valence-corrected chi connectivity index (χ3v) is 1.17. The van der Waals surface area contributed by atoms with Crippen LogP contribution < -0.4 is 0 Å². The lowest BCUT2D eigenvalue weighted by Crippen LogP contribution is -2.37. The Labute approximate surface area is 68.1 Å². The first-order valence-corrected chi connectivity index (χ1v) is 2.90. The fourth-order valence-corrected chi connectivity index (χ4v) is 0.592. The van der Waals surface area contributed by atoms with Crippen molar-refractivity contribution in [2.75, 3.05) is 0 Å². The average Bonchev–Trinajstić information content (AvgIpc) is 1.77. The van der Waals surface area contributed by atoms with E-state index >= 15 is 0 Å². The zero-order valence-electron chi connectivity index (χ0n) is 5.91. The van der Waals surface area contributed by atoms with E-state index in [0.717, 1.165) is 0 Å². The molecule has 2 nitrogen and oxygen atoms in total. The molecular formula is C5H4F6O2. The molecule has 0 rings (SSSR count). The van der Waals surface area contributed by atoms with Crippen LogP contribution in [0, 0.1) is 5.92 Å². The Kier molecular flexibility index (Phi) is 3.18. The molecular weight excluding hydrogens is 206 g/mol. The molecule has 78 valence electrons. The van der Waals surface area contributed by atoms with E-state index in [4.69, 9.17) is 5.11 Å². The molecule has 0 bridgehead atoms. The molecule has 0 aliphatic rings. The third-order valence-electron chi connectivity index (χ3n) is 1.17. The molecule has 0 unspecified atom stereocenters. The zero-order valence-corrected chi connectivity index (χ0v) is 5.91. The minimum absolute atomic E-state index is 1.99. The topological polar surface area (TPSA) is 37.3 Å². The summed E-state index contributed by atoms with van der Waals surface area (Å²) in [5.41, 5.74) is 0. The SMILES string of the molecule is O=C(O)CC(C(F)(F)F)C(F)(F)F. The van der Waals surface area contributed by atoms with Crippen molar-refractivity contribution < 1.29 is 36.2 Å². The average molecular weight is 210 g/mol. The van der Waals surface area contributed by atoms with Gasteiger partial charge in [-0.05, 0) is 0 Å². The number of carboxylic acids is 1. The van der Waals surface area contributed by atoms with Gasteiger partial charge in [-0.2, -0.15) is 26.3 Å². The summed E-state index contributed by atoms with van der Waals surface area (Å²) in [6.45, 7) is 0. The van der Waals surface area contributed by atoms with Crippen LogP contribution in [0.3, 0.4) is 0 Å². The predicted molar refractivity (Wildman–Crippen MR) is 27.9 cm³/mol. The molecule has 0 saturated carbocycles. The highest BCUT2D eigenvalue weighted by Crippen LogP contribution is 2.41. The van der Waals surface area contributed by atoms with Gasteiger partial charge >= 0.3 is 18.3 Å². The van der Waals surface area contributed by atoms with Crippen molar-refractivity contribution in [1.82, 2.24) is 0 Å². The second-order valence-electron chi connectivity index (χ2n) is 2.23. The van der Waals surface area contributed by atoms with Gasteiger partial charge in [-0.3, -0.25) is 4.79 Å². The van der Waals surface area contributed by atoms with Gasteiger partial charge in [0.1, 0.15) is 0 Å². The quantitative estimate of drug-likeness (QED) is 0.709. The summed E-state index contributed by atoms with van der Waals surface area (Å²) in [4.78, 5) is 9.70. The standard InChI is InChI=1S/C5H4F6O2/c6-4(7,8)2(1-3(12)13)5(9,10)11/h2H,1H2,(H,12,13). The van der Waals surface area contributed by atoms with E-state index in [2.05, 4.69) is 0 Å². The summed E-state index contributed by atoms with van der Waals surface area (Å²) in [5.74, 6) is -5.93. The van der Waals surface area contributed by atoms with E-state index in [-0.39, 0.29) is 0 Å². The van der Waals surface area contributed by atoms with Crippen LogP contribution >= 0.6 is 0 Å². The van der Waals surface area contributed by atoms with Gasteiger partial charge in [0.15, 0.2) is 5.92 Å². The molecule has 0 aromatic carbocycles. The highest BCUT2D eigenvalue weighted by Gasteiger charge is 2.57. The number of carboxylic acid groups (broad SMARTS) is 1. The first-order valence-electron chi connectivity index (χ1n) is 2.90. The maximum Gasteiger partial charge on any atom is 0.401 e. The van der Waals surface area contributed by atoms with Crippen molar-refractivity contribution in [2.24, 2.45) is 5.92 Å². The zero-order chi connectivity index (χ0) is 10.9. The van der Waals surface area contributed by atoms with Gasteiger partial charge in [0.2, 0.25) is 0 Å². The Morgan fingerprint density at radius 1 is 1.08 bits per heavy atom. The number of aliphatic carboxylic acids is 1. The minimum atomic E-state index is -5.57. The first kappa shape index (κ1) is 12.0. The summed E-state index contributed by atoms with van der Waals surface area (Å²) in [6.07, 6.45) is -13.1. The normalized spacial score (nSPS) is 13.5. The minimum Gasteiger partial charge on any atom is -0.481 e. The maximum absolute atomic E-state index is 11.6. The number of halogens is 6. The van der Waals surface area contributed by atoms with E-state index in [0.29, 0.717) is 0 Å². The molecule has 0 aliphatic carbocycles. The number of alkyl halides is 6. The lowest BCUT2D eigenvalue weighted by Gasteiger charge is -2.20.